The Bertz CT molecular complexity index is 1060. The van der Waals surface area contributed by atoms with Crippen LogP contribution < -0.4 is 0 Å². The summed E-state index contributed by atoms with van der Waals surface area (Å²) in [5.74, 6) is 1.32. The Balaban J connectivity index is 1.84. The van der Waals surface area contributed by atoms with Gasteiger partial charge in [-0.05, 0) is 61.5 Å². The molecule has 0 aliphatic heterocycles. The first kappa shape index (κ1) is 17.1. The number of alkyl halides is 3. The molecule has 0 saturated carbocycles. The van der Waals surface area contributed by atoms with Crippen LogP contribution in [0.2, 0.25) is 0 Å². The van der Waals surface area contributed by atoms with Gasteiger partial charge in [0.15, 0.2) is 5.76 Å². The van der Waals surface area contributed by atoms with Crippen LogP contribution in [0.3, 0.4) is 0 Å². The molecule has 7 heteroatoms. The third kappa shape index (κ3) is 3.36. The van der Waals surface area contributed by atoms with Gasteiger partial charge in [0.25, 0.3) is 0 Å². The fraction of sp³-hybridized carbons (Fsp3) is 0.100. The minimum Gasteiger partial charge on any atom is -0.460 e. The maximum absolute atomic E-state index is 12.9. The van der Waals surface area contributed by atoms with E-state index in [4.69, 9.17) is 4.42 Å². The van der Waals surface area contributed by atoms with Crippen LogP contribution >= 0.6 is 0 Å². The number of halogens is 3. The number of nitrogens with zero attached hydrogens (tertiary/aromatic N) is 3. The van der Waals surface area contributed by atoms with Gasteiger partial charge in [-0.3, -0.25) is 4.98 Å². The number of rotatable bonds is 3. The van der Waals surface area contributed by atoms with Crippen LogP contribution in [0.25, 0.3) is 28.4 Å². The molecule has 0 amide bonds. The molecule has 0 bridgehead atoms. The highest BCUT2D eigenvalue weighted by Gasteiger charge is 2.30. The van der Waals surface area contributed by atoms with Gasteiger partial charge in [0, 0.05) is 18.0 Å². The summed E-state index contributed by atoms with van der Waals surface area (Å²) in [7, 11) is 0. The molecule has 0 unspecified atom stereocenters. The van der Waals surface area contributed by atoms with Crippen LogP contribution in [-0.4, -0.2) is 14.8 Å². The van der Waals surface area contributed by atoms with E-state index in [1.807, 2.05) is 37.3 Å². The normalized spacial score (nSPS) is 11.7. The van der Waals surface area contributed by atoms with Gasteiger partial charge in [0.2, 0.25) is 0 Å². The fourth-order valence-electron chi connectivity index (χ4n) is 2.78. The summed E-state index contributed by atoms with van der Waals surface area (Å²) in [6.45, 7) is 1.83. The van der Waals surface area contributed by atoms with Crippen LogP contribution in [-0.2, 0) is 6.18 Å². The number of hydrogen-bond acceptors (Lipinski definition) is 3. The van der Waals surface area contributed by atoms with Crippen LogP contribution in [0.15, 0.2) is 71.4 Å². The van der Waals surface area contributed by atoms with Crippen LogP contribution in [0.4, 0.5) is 13.2 Å². The van der Waals surface area contributed by atoms with Crippen molar-refractivity contribution in [1.29, 1.82) is 0 Å². The van der Waals surface area contributed by atoms with Gasteiger partial charge in [-0.15, -0.1) is 0 Å². The third-order valence-electron chi connectivity index (χ3n) is 4.12. The molecule has 4 aromatic rings. The van der Waals surface area contributed by atoms with E-state index in [9.17, 15) is 13.2 Å². The largest absolute Gasteiger partial charge is 0.460 e. The average Bonchev–Trinajstić information content (AvgIpc) is 3.28. The molecule has 0 saturated heterocycles. The first-order valence-corrected chi connectivity index (χ1v) is 8.17. The second-order valence-corrected chi connectivity index (χ2v) is 6.02. The number of aromatic nitrogens is 3. The second kappa shape index (κ2) is 6.42. The predicted molar refractivity (Wildman–Crippen MR) is 94.2 cm³/mol. The lowest BCUT2D eigenvalue weighted by Crippen LogP contribution is -2.05. The highest BCUT2D eigenvalue weighted by atomic mass is 19.4. The van der Waals surface area contributed by atoms with Crippen molar-refractivity contribution in [2.45, 2.75) is 13.1 Å². The summed E-state index contributed by atoms with van der Waals surface area (Å²) in [5.41, 5.74) is 1.96. The summed E-state index contributed by atoms with van der Waals surface area (Å²) in [6, 6.07) is 14.0. The molecule has 0 N–H and O–H groups in total. The molecule has 0 aliphatic rings. The van der Waals surface area contributed by atoms with Crippen molar-refractivity contribution in [2.24, 2.45) is 0 Å². The molecular formula is C20H14F3N3O. The Labute approximate surface area is 152 Å². The Hall–Kier alpha value is -3.35. The van der Waals surface area contributed by atoms with E-state index in [2.05, 4.69) is 10.1 Å². The first-order chi connectivity index (χ1) is 12.9. The quantitative estimate of drug-likeness (QED) is 0.477. The van der Waals surface area contributed by atoms with E-state index >= 15 is 0 Å². The second-order valence-electron chi connectivity index (χ2n) is 6.02. The lowest BCUT2D eigenvalue weighted by molar-refractivity contribution is -0.137. The zero-order valence-electron chi connectivity index (χ0n) is 14.2. The molecule has 0 aliphatic carbocycles. The molecular weight excluding hydrogens is 355 g/mol. The molecule has 0 radical (unpaired) electrons. The average molecular weight is 369 g/mol. The molecule has 27 heavy (non-hydrogen) atoms. The molecule has 3 aromatic heterocycles. The maximum atomic E-state index is 12.9. The van der Waals surface area contributed by atoms with Gasteiger partial charge in [-0.25, -0.2) is 4.68 Å². The van der Waals surface area contributed by atoms with Crippen LogP contribution in [0.5, 0.6) is 0 Å². The number of aryl methyl sites for hydroxylation is 1. The topological polar surface area (TPSA) is 43.9 Å². The summed E-state index contributed by atoms with van der Waals surface area (Å²) < 4.78 is 45.8. The molecule has 0 fully saturated rings. The van der Waals surface area contributed by atoms with E-state index in [0.29, 0.717) is 22.8 Å². The van der Waals surface area contributed by atoms with Gasteiger partial charge in [-0.1, -0.05) is 0 Å². The van der Waals surface area contributed by atoms with E-state index in [-0.39, 0.29) is 0 Å². The smallest absolute Gasteiger partial charge is 0.416 e. The van der Waals surface area contributed by atoms with E-state index < -0.39 is 11.7 Å². The van der Waals surface area contributed by atoms with Crippen molar-refractivity contribution in [1.82, 2.24) is 14.8 Å². The number of pyridine rings is 1. The van der Waals surface area contributed by atoms with Gasteiger partial charge in [0.1, 0.15) is 11.5 Å². The minimum absolute atomic E-state index is 0.507. The highest BCUT2D eigenvalue weighted by molar-refractivity contribution is 5.67. The predicted octanol–water partition coefficient (Wildman–Crippen LogP) is 5.52. The van der Waals surface area contributed by atoms with Crippen molar-refractivity contribution in [3.63, 3.8) is 0 Å². The molecule has 136 valence electrons. The van der Waals surface area contributed by atoms with Crippen molar-refractivity contribution in [3.8, 4) is 28.4 Å². The summed E-state index contributed by atoms with van der Waals surface area (Å²) in [5, 5.41) is 4.58. The van der Waals surface area contributed by atoms with E-state index in [1.165, 1.54) is 12.1 Å². The highest BCUT2D eigenvalue weighted by Crippen LogP contribution is 2.32. The summed E-state index contributed by atoms with van der Waals surface area (Å²) in [4.78, 5) is 3.99. The SMILES string of the molecule is Cc1ccc(-c2cc(-c3ccncc3)nn2-c2ccc(C(F)(F)F)cc2)o1. The minimum atomic E-state index is -4.38. The molecule has 3 heterocycles. The van der Waals surface area contributed by atoms with Crippen molar-refractivity contribution in [3.05, 3.63) is 78.3 Å². The van der Waals surface area contributed by atoms with Gasteiger partial charge in [0.05, 0.1) is 16.9 Å². The van der Waals surface area contributed by atoms with E-state index in [0.717, 1.165) is 23.5 Å². The maximum Gasteiger partial charge on any atom is 0.416 e. The Morgan fingerprint density at radius 2 is 1.63 bits per heavy atom. The van der Waals surface area contributed by atoms with Crippen molar-refractivity contribution in [2.75, 3.05) is 0 Å². The molecule has 4 rings (SSSR count). The molecule has 0 spiro atoms. The summed E-state index contributed by atoms with van der Waals surface area (Å²) >= 11 is 0. The van der Waals surface area contributed by atoms with E-state index in [1.54, 1.807) is 17.1 Å². The Kier molecular flexibility index (Phi) is 4.07. The zero-order valence-corrected chi connectivity index (χ0v) is 14.2. The third-order valence-corrected chi connectivity index (χ3v) is 4.12. The monoisotopic (exact) mass is 369 g/mol. The fourth-order valence-corrected chi connectivity index (χ4v) is 2.78. The summed E-state index contributed by atoms with van der Waals surface area (Å²) in [6.07, 6.45) is -1.07. The lowest BCUT2D eigenvalue weighted by Gasteiger charge is -2.09. The van der Waals surface area contributed by atoms with Gasteiger partial charge < -0.3 is 4.42 Å². The van der Waals surface area contributed by atoms with Crippen LogP contribution in [0.1, 0.15) is 11.3 Å². The Morgan fingerprint density at radius 3 is 2.22 bits per heavy atom. The van der Waals surface area contributed by atoms with Crippen LogP contribution in [0, 0.1) is 6.92 Å². The lowest BCUT2D eigenvalue weighted by atomic mass is 10.2. The zero-order chi connectivity index (χ0) is 19.0. The number of furan rings is 1. The van der Waals surface area contributed by atoms with Gasteiger partial charge in [-0.2, -0.15) is 18.3 Å². The number of benzene rings is 1. The molecule has 4 nitrogen and oxygen atoms in total. The van der Waals surface area contributed by atoms with Gasteiger partial charge >= 0.3 is 6.18 Å². The first-order valence-electron chi connectivity index (χ1n) is 8.17. The Morgan fingerprint density at radius 1 is 0.926 bits per heavy atom. The van der Waals surface area contributed by atoms with Crippen molar-refractivity contribution < 1.29 is 17.6 Å². The molecule has 1 aromatic carbocycles. The number of hydrogen-bond donors (Lipinski definition) is 0. The van der Waals surface area contributed by atoms with Crippen molar-refractivity contribution >= 4 is 0 Å². The molecule has 0 atom stereocenters. The standard InChI is InChI=1S/C20H14F3N3O/c1-13-2-7-19(27-13)18-12-17(14-8-10-24-11-9-14)25-26(18)16-5-3-15(4-6-16)20(21,22)23/h2-12H,1H3.